The number of morpholine rings is 1. The van der Waals surface area contributed by atoms with Crippen LogP contribution >= 0.6 is 0 Å². The van der Waals surface area contributed by atoms with Gasteiger partial charge in [0.2, 0.25) is 0 Å². The summed E-state index contributed by atoms with van der Waals surface area (Å²) in [4.78, 5) is 4.22. The van der Waals surface area contributed by atoms with Gasteiger partial charge in [-0.3, -0.25) is 4.98 Å². The zero-order chi connectivity index (χ0) is 11.9. The molecule has 1 aromatic rings. The normalized spacial score (nSPS) is 29.9. The van der Waals surface area contributed by atoms with Crippen LogP contribution in [0.2, 0.25) is 0 Å². The zero-order valence-electron chi connectivity index (χ0n) is 10.6. The third-order valence-electron chi connectivity index (χ3n) is 3.94. The molecule has 92 valence electrons. The monoisotopic (exact) mass is 232 g/mol. The highest BCUT2D eigenvalue weighted by Crippen LogP contribution is 2.56. The van der Waals surface area contributed by atoms with Crippen LogP contribution in [0.3, 0.4) is 0 Å². The van der Waals surface area contributed by atoms with E-state index in [0.29, 0.717) is 11.5 Å². The third kappa shape index (κ3) is 1.87. The predicted octanol–water partition coefficient (Wildman–Crippen LogP) is 2.30. The van der Waals surface area contributed by atoms with Gasteiger partial charge in [-0.15, -0.1) is 0 Å². The van der Waals surface area contributed by atoms with E-state index in [-0.39, 0.29) is 5.60 Å². The van der Waals surface area contributed by atoms with Crippen molar-refractivity contribution in [1.82, 2.24) is 10.3 Å². The first-order chi connectivity index (χ1) is 8.11. The highest BCUT2D eigenvalue weighted by molar-refractivity contribution is 5.23. The van der Waals surface area contributed by atoms with E-state index in [1.54, 1.807) is 0 Å². The fourth-order valence-corrected chi connectivity index (χ4v) is 3.57. The molecule has 0 bridgehead atoms. The average Bonchev–Trinajstić information content (AvgIpc) is 2.28. The number of rotatable bonds is 1. The predicted molar refractivity (Wildman–Crippen MR) is 66.7 cm³/mol. The van der Waals surface area contributed by atoms with Crippen molar-refractivity contribution in [2.24, 2.45) is 5.41 Å². The number of nitrogens with one attached hydrogen (secondary N) is 1. The van der Waals surface area contributed by atoms with E-state index in [0.717, 1.165) is 26.0 Å². The van der Waals surface area contributed by atoms with Gasteiger partial charge in [-0.2, -0.15) is 0 Å². The SMILES string of the molecule is CC1(C)CC2(C1)OCCNC2c1cccnc1. The van der Waals surface area contributed by atoms with Gasteiger partial charge in [-0.25, -0.2) is 0 Å². The first-order valence-corrected chi connectivity index (χ1v) is 6.39. The molecule has 2 aliphatic rings. The molecule has 1 saturated carbocycles. The summed E-state index contributed by atoms with van der Waals surface area (Å²) in [6.07, 6.45) is 6.04. The van der Waals surface area contributed by atoms with Crippen molar-refractivity contribution in [2.45, 2.75) is 38.3 Å². The fraction of sp³-hybridized carbons (Fsp3) is 0.643. The first kappa shape index (κ1) is 11.2. The zero-order valence-corrected chi connectivity index (χ0v) is 10.6. The summed E-state index contributed by atoms with van der Waals surface area (Å²) in [6.45, 7) is 6.39. The summed E-state index contributed by atoms with van der Waals surface area (Å²) in [5, 5.41) is 3.60. The van der Waals surface area contributed by atoms with Gasteiger partial charge in [0.05, 0.1) is 18.2 Å². The standard InChI is InChI=1S/C14H20N2O/c1-13(2)9-14(10-13)12(16-6-7-17-14)11-4-3-5-15-8-11/h3-5,8,12,16H,6-7,9-10H2,1-2H3. The Hall–Kier alpha value is -0.930. The largest absolute Gasteiger partial charge is 0.372 e. The fourth-order valence-electron chi connectivity index (χ4n) is 3.57. The van der Waals surface area contributed by atoms with Gasteiger partial charge >= 0.3 is 0 Å². The van der Waals surface area contributed by atoms with Crippen molar-refractivity contribution in [3.8, 4) is 0 Å². The molecule has 0 aromatic carbocycles. The molecule has 2 heterocycles. The van der Waals surface area contributed by atoms with E-state index >= 15 is 0 Å². The highest BCUT2D eigenvalue weighted by atomic mass is 16.5. The van der Waals surface area contributed by atoms with Gasteiger partial charge in [-0.05, 0) is 29.9 Å². The molecule has 2 fully saturated rings. The van der Waals surface area contributed by atoms with Crippen LogP contribution in [0.15, 0.2) is 24.5 Å². The Morgan fingerprint density at radius 3 is 2.88 bits per heavy atom. The van der Waals surface area contributed by atoms with E-state index in [1.807, 2.05) is 18.5 Å². The lowest BCUT2D eigenvalue weighted by atomic mass is 9.57. The number of hydrogen-bond donors (Lipinski definition) is 1. The summed E-state index contributed by atoms with van der Waals surface area (Å²) in [5.41, 5.74) is 1.67. The van der Waals surface area contributed by atoms with Crippen LogP contribution in [0.25, 0.3) is 0 Å². The van der Waals surface area contributed by atoms with Crippen LogP contribution in [0.5, 0.6) is 0 Å². The van der Waals surface area contributed by atoms with E-state index in [4.69, 9.17) is 4.74 Å². The first-order valence-electron chi connectivity index (χ1n) is 6.39. The molecule has 1 spiro atoms. The van der Waals surface area contributed by atoms with Crippen molar-refractivity contribution < 1.29 is 4.74 Å². The van der Waals surface area contributed by atoms with Crippen LogP contribution in [0.1, 0.15) is 38.3 Å². The molecular weight excluding hydrogens is 212 g/mol. The summed E-state index contributed by atoms with van der Waals surface area (Å²) in [6, 6.07) is 4.45. The molecule has 17 heavy (non-hydrogen) atoms. The lowest BCUT2D eigenvalue weighted by Gasteiger charge is -2.58. The Labute approximate surface area is 103 Å². The van der Waals surface area contributed by atoms with E-state index < -0.39 is 0 Å². The molecule has 0 amide bonds. The number of aromatic nitrogens is 1. The lowest BCUT2D eigenvalue weighted by Crippen LogP contribution is -2.61. The molecule has 1 unspecified atom stereocenters. The Balaban J connectivity index is 1.87. The molecule has 3 nitrogen and oxygen atoms in total. The molecule has 1 N–H and O–H groups in total. The minimum atomic E-state index is 0.00475. The second-order valence-electron chi connectivity index (χ2n) is 6.10. The Bertz CT molecular complexity index is 394. The third-order valence-corrected chi connectivity index (χ3v) is 3.94. The quantitative estimate of drug-likeness (QED) is 0.806. The van der Waals surface area contributed by atoms with E-state index in [2.05, 4.69) is 30.2 Å². The molecule has 1 saturated heterocycles. The smallest absolute Gasteiger partial charge is 0.0887 e. The van der Waals surface area contributed by atoms with Gasteiger partial charge in [0.15, 0.2) is 0 Å². The Morgan fingerprint density at radius 1 is 1.41 bits per heavy atom. The summed E-state index contributed by atoms with van der Waals surface area (Å²) >= 11 is 0. The summed E-state index contributed by atoms with van der Waals surface area (Å²) < 4.78 is 6.11. The van der Waals surface area contributed by atoms with Crippen molar-refractivity contribution in [3.05, 3.63) is 30.1 Å². The lowest BCUT2D eigenvalue weighted by molar-refractivity contribution is -0.195. The highest BCUT2D eigenvalue weighted by Gasteiger charge is 2.56. The maximum absolute atomic E-state index is 6.11. The van der Waals surface area contributed by atoms with Crippen molar-refractivity contribution in [3.63, 3.8) is 0 Å². The van der Waals surface area contributed by atoms with Crippen LogP contribution in [0.4, 0.5) is 0 Å². The van der Waals surface area contributed by atoms with Crippen molar-refractivity contribution >= 4 is 0 Å². The topological polar surface area (TPSA) is 34.1 Å². The van der Waals surface area contributed by atoms with Gasteiger partial charge in [0.25, 0.3) is 0 Å². The van der Waals surface area contributed by atoms with Gasteiger partial charge in [0.1, 0.15) is 0 Å². The maximum Gasteiger partial charge on any atom is 0.0887 e. The van der Waals surface area contributed by atoms with Crippen LogP contribution < -0.4 is 5.32 Å². The second kappa shape index (κ2) is 3.79. The molecule has 1 aliphatic carbocycles. The van der Waals surface area contributed by atoms with Crippen molar-refractivity contribution in [2.75, 3.05) is 13.2 Å². The van der Waals surface area contributed by atoms with E-state index in [9.17, 15) is 0 Å². The van der Waals surface area contributed by atoms with E-state index in [1.165, 1.54) is 5.56 Å². The van der Waals surface area contributed by atoms with Crippen LogP contribution in [-0.4, -0.2) is 23.7 Å². The summed E-state index contributed by atoms with van der Waals surface area (Å²) in [5.74, 6) is 0. The molecular formula is C14H20N2O. The molecule has 1 aromatic heterocycles. The average molecular weight is 232 g/mol. The molecule has 1 aliphatic heterocycles. The molecule has 3 heteroatoms. The molecule has 3 rings (SSSR count). The molecule has 0 radical (unpaired) electrons. The molecule has 1 atom stereocenters. The number of hydrogen-bond acceptors (Lipinski definition) is 3. The number of pyridine rings is 1. The van der Waals surface area contributed by atoms with Gasteiger partial charge in [-0.1, -0.05) is 19.9 Å². The number of nitrogens with zero attached hydrogens (tertiary/aromatic N) is 1. The van der Waals surface area contributed by atoms with Crippen LogP contribution in [0, 0.1) is 5.41 Å². The van der Waals surface area contributed by atoms with Crippen molar-refractivity contribution in [1.29, 1.82) is 0 Å². The minimum absolute atomic E-state index is 0.00475. The summed E-state index contributed by atoms with van der Waals surface area (Å²) in [7, 11) is 0. The van der Waals surface area contributed by atoms with Crippen LogP contribution in [-0.2, 0) is 4.74 Å². The Morgan fingerprint density at radius 2 is 2.24 bits per heavy atom. The number of ether oxygens (including phenoxy) is 1. The van der Waals surface area contributed by atoms with Gasteiger partial charge < -0.3 is 10.1 Å². The second-order valence-corrected chi connectivity index (χ2v) is 6.10. The Kier molecular flexibility index (Phi) is 2.49. The maximum atomic E-state index is 6.11. The minimum Gasteiger partial charge on any atom is -0.372 e. The van der Waals surface area contributed by atoms with Gasteiger partial charge in [0, 0.05) is 18.9 Å².